The number of hydrogen-bond acceptors (Lipinski definition) is 3. The van der Waals surface area contributed by atoms with Gasteiger partial charge in [0.1, 0.15) is 18.2 Å². The second-order valence-electron chi connectivity index (χ2n) is 5.19. The molecule has 0 aliphatic rings. The van der Waals surface area contributed by atoms with Crippen LogP contribution in [-0.4, -0.2) is 25.5 Å². The normalized spacial score (nSPS) is 12.5. The van der Waals surface area contributed by atoms with Crippen LogP contribution < -0.4 is 4.74 Å². The molecule has 0 heterocycles. The summed E-state index contributed by atoms with van der Waals surface area (Å²) in [6.45, 7) is 6.63. The molecule has 0 radical (unpaired) electrons. The summed E-state index contributed by atoms with van der Waals surface area (Å²) in [6, 6.07) is 4.49. The van der Waals surface area contributed by atoms with Gasteiger partial charge in [-0.2, -0.15) is 0 Å². The Bertz CT molecular complexity index is 516. The lowest BCUT2D eigenvalue weighted by atomic mass is 10.2. The Hall–Kier alpha value is -1.10. The maximum absolute atomic E-state index is 13.2. The number of ether oxygens (including phenoxy) is 1. The smallest absolute Gasteiger partial charge is 0.158 e. The van der Waals surface area contributed by atoms with E-state index in [4.69, 9.17) is 4.74 Å². The fourth-order valence-corrected chi connectivity index (χ4v) is 2.15. The second-order valence-corrected chi connectivity index (χ2v) is 8.05. The first kappa shape index (κ1) is 15.0. The van der Waals surface area contributed by atoms with E-state index in [2.05, 4.69) is 0 Å². The van der Waals surface area contributed by atoms with Crippen LogP contribution in [0.15, 0.2) is 18.2 Å². The molecule has 0 saturated heterocycles. The summed E-state index contributed by atoms with van der Waals surface area (Å²) in [5.41, 5.74) is 0.532. The molecule has 0 aliphatic heterocycles. The van der Waals surface area contributed by atoms with E-state index in [-0.39, 0.29) is 18.2 Å². The Labute approximate surface area is 108 Å². The minimum absolute atomic E-state index is 0.0299. The van der Waals surface area contributed by atoms with Gasteiger partial charge >= 0.3 is 0 Å². The Morgan fingerprint density at radius 3 is 2.39 bits per heavy atom. The molecule has 102 valence electrons. The third-order valence-electron chi connectivity index (χ3n) is 2.70. The van der Waals surface area contributed by atoms with Gasteiger partial charge in [-0.25, -0.2) is 12.8 Å². The Morgan fingerprint density at radius 1 is 1.28 bits per heavy atom. The Kier molecular flexibility index (Phi) is 4.37. The Morgan fingerprint density at radius 2 is 1.89 bits per heavy atom. The molecule has 1 rings (SSSR count). The topological polar surface area (TPSA) is 43.4 Å². The fraction of sp³-hybridized carbons (Fsp3) is 0.538. The molecule has 0 saturated carbocycles. The van der Waals surface area contributed by atoms with Crippen molar-refractivity contribution in [2.45, 2.75) is 32.4 Å². The lowest BCUT2D eigenvalue weighted by Crippen LogP contribution is -2.32. The quantitative estimate of drug-likeness (QED) is 0.848. The van der Waals surface area contributed by atoms with Crippen molar-refractivity contribution in [3.05, 3.63) is 29.6 Å². The summed E-state index contributed by atoms with van der Waals surface area (Å²) in [4.78, 5) is 0. The van der Waals surface area contributed by atoms with Crippen LogP contribution in [-0.2, 0) is 9.84 Å². The van der Waals surface area contributed by atoms with E-state index in [1.54, 1.807) is 39.8 Å². The van der Waals surface area contributed by atoms with E-state index in [1.807, 2.05) is 0 Å². The second kappa shape index (κ2) is 5.26. The largest absolute Gasteiger partial charge is 0.492 e. The summed E-state index contributed by atoms with van der Waals surface area (Å²) in [7, 11) is -3.20. The zero-order chi connectivity index (χ0) is 14.0. The summed E-state index contributed by atoms with van der Waals surface area (Å²) < 4.78 is 41.3. The van der Waals surface area contributed by atoms with Crippen LogP contribution in [0.5, 0.6) is 5.75 Å². The highest BCUT2D eigenvalue weighted by atomic mass is 32.2. The highest BCUT2D eigenvalue weighted by Crippen LogP contribution is 2.18. The van der Waals surface area contributed by atoms with Gasteiger partial charge in [-0.1, -0.05) is 6.07 Å². The highest BCUT2D eigenvalue weighted by molar-refractivity contribution is 7.92. The summed E-state index contributed by atoms with van der Waals surface area (Å²) in [6.07, 6.45) is 0. The maximum atomic E-state index is 13.2. The molecule has 0 atom stereocenters. The molecule has 0 aromatic heterocycles. The molecule has 0 amide bonds. The predicted molar refractivity (Wildman–Crippen MR) is 70.2 cm³/mol. The molecule has 0 bridgehead atoms. The van der Waals surface area contributed by atoms with Crippen molar-refractivity contribution in [2.24, 2.45) is 0 Å². The minimum atomic E-state index is -3.20. The van der Waals surface area contributed by atoms with Gasteiger partial charge < -0.3 is 4.74 Å². The zero-order valence-corrected chi connectivity index (χ0v) is 12.0. The molecular formula is C13H19FO3S. The number of halogens is 1. The van der Waals surface area contributed by atoms with E-state index >= 15 is 0 Å². The van der Waals surface area contributed by atoms with Gasteiger partial charge in [0.05, 0.1) is 10.5 Å². The summed E-state index contributed by atoms with van der Waals surface area (Å²) in [5.74, 6) is -0.0835. The third-order valence-corrected chi connectivity index (χ3v) is 5.27. The first-order chi connectivity index (χ1) is 8.13. The summed E-state index contributed by atoms with van der Waals surface area (Å²) >= 11 is 0. The van der Waals surface area contributed by atoms with Crippen LogP contribution in [0.3, 0.4) is 0 Å². The molecule has 0 unspecified atom stereocenters. The van der Waals surface area contributed by atoms with Gasteiger partial charge in [-0.05, 0) is 39.3 Å². The van der Waals surface area contributed by atoms with Crippen molar-refractivity contribution in [1.82, 2.24) is 0 Å². The molecule has 1 aromatic rings. The average Bonchev–Trinajstić information content (AvgIpc) is 2.21. The number of benzene rings is 1. The van der Waals surface area contributed by atoms with Crippen molar-refractivity contribution in [2.75, 3.05) is 12.4 Å². The molecule has 5 heteroatoms. The van der Waals surface area contributed by atoms with Crippen molar-refractivity contribution in [1.29, 1.82) is 0 Å². The zero-order valence-electron chi connectivity index (χ0n) is 11.2. The van der Waals surface area contributed by atoms with Crippen LogP contribution in [0.2, 0.25) is 0 Å². The number of rotatable bonds is 4. The number of sulfone groups is 1. The van der Waals surface area contributed by atoms with Gasteiger partial charge in [0.25, 0.3) is 0 Å². The first-order valence-corrected chi connectivity index (χ1v) is 7.40. The summed E-state index contributed by atoms with van der Waals surface area (Å²) in [5, 5.41) is 0. The molecule has 0 spiro atoms. The van der Waals surface area contributed by atoms with Crippen LogP contribution in [0.4, 0.5) is 4.39 Å². The highest BCUT2D eigenvalue weighted by Gasteiger charge is 2.28. The van der Waals surface area contributed by atoms with E-state index in [1.165, 1.54) is 6.07 Å². The monoisotopic (exact) mass is 274 g/mol. The van der Waals surface area contributed by atoms with Crippen LogP contribution in [0.25, 0.3) is 0 Å². The minimum Gasteiger partial charge on any atom is -0.492 e. The third kappa shape index (κ3) is 3.70. The van der Waals surface area contributed by atoms with Gasteiger partial charge in [0, 0.05) is 6.07 Å². The van der Waals surface area contributed by atoms with E-state index in [0.717, 1.165) is 0 Å². The van der Waals surface area contributed by atoms with Crippen LogP contribution in [0, 0.1) is 12.7 Å². The lowest BCUT2D eigenvalue weighted by molar-refractivity contribution is 0.337. The van der Waals surface area contributed by atoms with E-state index < -0.39 is 14.6 Å². The van der Waals surface area contributed by atoms with Crippen LogP contribution in [0.1, 0.15) is 26.3 Å². The molecule has 3 nitrogen and oxygen atoms in total. The van der Waals surface area contributed by atoms with Crippen molar-refractivity contribution in [3.8, 4) is 5.75 Å². The molecule has 1 aromatic carbocycles. The SMILES string of the molecule is Cc1ccc(OCCS(=O)(=O)C(C)(C)C)cc1F. The average molecular weight is 274 g/mol. The van der Waals surface area contributed by atoms with Gasteiger partial charge in [0.15, 0.2) is 9.84 Å². The first-order valence-electron chi connectivity index (χ1n) is 5.75. The maximum Gasteiger partial charge on any atom is 0.158 e. The van der Waals surface area contributed by atoms with Crippen molar-refractivity contribution < 1.29 is 17.5 Å². The number of hydrogen-bond donors (Lipinski definition) is 0. The van der Waals surface area contributed by atoms with Crippen molar-refractivity contribution >= 4 is 9.84 Å². The molecule has 0 aliphatic carbocycles. The molecule has 0 N–H and O–H groups in total. The van der Waals surface area contributed by atoms with Gasteiger partial charge in [-0.3, -0.25) is 0 Å². The van der Waals surface area contributed by atoms with Gasteiger partial charge in [0.2, 0.25) is 0 Å². The Balaban J connectivity index is 2.60. The molecule has 0 fully saturated rings. The fourth-order valence-electron chi connectivity index (χ4n) is 1.24. The predicted octanol–water partition coefficient (Wildman–Crippen LogP) is 2.73. The molecule has 18 heavy (non-hydrogen) atoms. The lowest BCUT2D eigenvalue weighted by Gasteiger charge is -2.19. The van der Waals surface area contributed by atoms with Crippen molar-refractivity contribution in [3.63, 3.8) is 0 Å². The standard InChI is InChI=1S/C13H19FO3S/c1-10-5-6-11(9-12(10)14)17-7-8-18(15,16)13(2,3)4/h5-6,9H,7-8H2,1-4H3. The van der Waals surface area contributed by atoms with E-state index in [0.29, 0.717) is 11.3 Å². The number of aryl methyl sites for hydroxylation is 1. The molecular weight excluding hydrogens is 255 g/mol. The van der Waals surface area contributed by atoms with E-state index in [9.17, 15) is 12.8 Å². The van der Waals surface area contributed by atoms with Gasteiger partial charge in [-0.15, -0.1) is 0 Å². The van der Waals surface area contributed by atoms with Crippen LogP contribution >= 0.6 is 0 Å².